The summed E-state index contributed by atoms with van der Waals surface area (Å²) in [5.41, 5.74) is -0.0726. The molecule has 0 heterocycles. The van der Waals surface area contributed by atoms with Crippen molar-refractivity contribution in [3.05, 3.63) is 23.8 Å². The molecule has 102 valence electrons. The molecule has 0 fully saturated rings. The molecule has 0 saturated carbocycles. The van der Waals surface area contributed by atoms with Crippen molar-refractivity contribution in [2.45, 2.75) is 39.4 Å². The molecule has 0 aromatic heterocycles. The molecule has 18 heavy (non-hydrogen) atoms. The summed E-state index contributed by atoms with van der Waals surface area (Å²) in [6, 6.07) is 5.42. The number of rotatable bonds is 7. The quantitative estimate of drug-likeness (QED) is 0.782. The Morgan fingerprint density at radius 2 is 1.94 bits per heavy atom. The van der Waals surface area contributed by atoms with E-state index in [0.29, 0.717) is 36.7 Å². The number of ether oxygens (including phenoxy) is 2. The third-order valence-electron chi connectivity index (χ3n) is 2.49. The maximum absolute atomic E-state index is 9.63. The lowest BCUT2D eigenvalue weighted by molar-refractivity contribution is 0.0544. The Labute approximate surface area is 108 Å². The summed E-state index contributed by atoms with van der Waals surface area (Å²) < 4.78 is 11.1. The van der Waals surface area contributed by atoms with E-state index in [1.165, 1.54) is 0 Å². The molecular weight excluding hydrogens is 232 g/mol. The van der Waals surface area contributed by atoms with Gasteiger partial charge in [0.15, 0.2) is 11.5 Å². The van der Waals surface area contributed by atoms with E-state index in [-0.39, 0.29) is 6.61 Å². The second-order valence-corrected chi connectivity index (χ2v) is 4.75. The van der Waals surface area contributed by atoms with Gasteiger partial charge in [0.1, 0.15) is 0 Å². The highest BCUT2D eigenvalue weighted by atomic mass is 16.5. The lowest BCUT2D eigenvalue weighted by Gasteiger charge is -2.19. The molecule has 0 saturated heterocycles. The number of hydrogen-bond donors (Lipinski definition) is 2. The maximum atomic E-state index is 9.63. The van der Waals surface area contributed by atoms with Crippen molar-refractivity contribution in [2.75, 3.05) is 13.2 Å². The minimum Gasteiger partial charge on any atom is -0.490 e. The van der Waals surface area contributed by atoms with Crippen LogP contribution in [0.4, 0.5) is 0 Å². The SMILES string of the molecule is CCOc1cccc(CO)c1OCCC(C)(C)O. The highest BCUT2D eigenvalue weighted by molar-refractivity contribution is 5.46. The summed E-state index contributed by atoms with van der Waals surface area (Å²) in [5.74, 6) is 1.19. The second kappa shape index (κ2) is 6.61. The molecule has 1 aromatic rings. The van der Waals surface area contributed by atoms with Crippen LogP contribution in [0.3, 0.4) is 0 Å². The molecule has 0 bridgehead atoms. The van der Waals surface area contributed by atoms with Gasteiger partial charge in [0.2, 0.25) is 0 Å². The summed E-state index contributed by atoms with van der Waals surface area (Å²) in [6.45, 7) is 6.18. The van der Waals surface area contributed by atoms with Gasteiger partial charge >= 0.3 is 0 Å². The van der Waals surface area contributed by atoms with Gasteiger partial charge in [-0.05, 0) is 26.8 Å². The van der Waals surface area contributed by atoms with E-state index in [2.05, 4.69) is 0 Å². The maximum Gasteiger partial charge on any atom is 0.166 e. The molecule has 1 aromatic carbocycles. The summed E-state index contributed by atoms with van der Waals surface area (Å²) in [6.07, 6.45) is 0.512. The Bertz CT molecular complexity index is 369. The van der Waals surface area contributed by atoms with Gasteiger partial charge in [0.25, 0.3) is 0 Å². The lowest BCUT2D eigenvalue weighted by Crippen LogP contribution is -2.22. The van der Waals surface area contributed by atoms with E-state index in [0.717, 1.165) is 0 Å². The van der Waals surface area contributed by atoms with Gasteiger partial charge in [-0.15, -0.1) is 0 Å². The third kappa shape index (κ3) is 4.55. The minimum atomic E-state index is -0.764. The zero-order chi connectivity index (χ0) is 13.6. The van der Waals surface area contributed by atoms with Gasteiger partial charge in [0, 0.05) is 12.0 Å². The van der Waals surface area contributed by atoms with Crippen molar-refractivity contribution in [1.29, 1.82) is 0 Å². The normalized spacial score (nSPS) is 11.4. The molecule has 0 unspecified atom stereocenters. The van der Waals surface area contributed by atoms with Gasteiger partial charge in [-0.1, -0.05) is 12.1 Å². The lowest BCUT2D eigenvalue weighted by atomic mass is 10.1. The predicted octanol–water partition coefficient (Wildman–Crippen LogP) is 2.12. The third-order valence-corrected chi connectivity index (χ3v) is 2.49. The van der Waals surface area contributed by atoms with Crippen LogP contribution in [0.5, 0.6) is 11.5 Å². The summed E-state index contributed by atoms with van der Waals surface area (Å²) >= 11 is 0. The van der Waals surface area contributed by atoms with Crippen molar-refractivity contribution < 1.29 is 19.7 Å². The van der Waals surface area contributed by atoms with Crippen LogP contribution in [0.15, 0.2) is 18.2 Å². The van der Waals surface area contributed by atoms with Crippen molar-refractivity contribution in [1.82, 2.24) is 0 Å². The standard InChI is InChI=1S/C14H22O4/c1-4-17-12-7-5-6-11(10-15)13(12)18-9-8-14(2,3)16/h5-7,15-16H,4,8-10H2,1-3H3. The van der Waals surface area contributed by atoms with Gasteiger partial charge in [0.05, 0.1) is 25.4 Å². The number of hydrogen-bond acceptors (Lipinski definition) is 4. The van der Waals surface area contributed by atoms with Crippen LogP contribution in [0.25, 0.3) is 0 Å². The van der Waals surface area contributed by atoms with Crippen molar-refractivity contribution in [2.24, 2.45) is 0 Å². The van der Waals surface area contributed by atoms with Crippen LogP contribution >= 0.6 is 0 Å². The number of para-hydroxylation sites is 1. The van der Waals surface area contributed by atoms with Gasteiger partial charge in [-0.25, -0.2) is 0 Å². The minimum absolute atomic E-state index is 0.0984. The molecule has 0 aliphatic rings. The fraction of sp³-hybridized carbons (Fsp3) is 0.571. The molecule has 0 amide bonds. The second-order valence-electron chi connectivity index (χ2n) is 4.75. The van der Waals surface area contributed by atoms with Crippen molar-refractivity contribution in [3.63, 3.8) is 0 Å². The summed E-state index contributed by atoms with van der Waals surface area (Å²) in [7, 11) is 0. The number of benzene rings is 1. The molecule has 2 N–H and O–H groups in total. The number of aliphatic hydroxyl groups excluding tert-OH is 1. The van der Waals surface area contributed by atoms with Crippen LogP contribution in [-0.4, -0.2) is 29.0 Å². The van der Waals surface area contributed by atoms with Crippen LogP contribution in [0.1, 0.15) is 32.8 Å². The largest absolute Gasteiger partial charge is 0.490 e. The molecular formula is C14H22O4. The Morgan fingerprint density at radius 3 is 2.50 bits per heavy atom. The Morgan fingerprint density at radius 1 is 1.22 bits per heavy atom. The van der Waals surface area contributed by atoms with E-state index < -0.39 is 5.60 Å². The van der Waals surface area contributed by atoms with Crippen molar-refractivity contribution in [3.8, 4) is 11.5 Å². The molecule has 4 nitrogen and oxygen atoms in total. The average Bonchev–Trinajstić information content (AvgIpc) is 2.29. The van der Waals surface area contributed by atoms with Crippen LogP contribution in [0, 0.1) is 0 Å². The van der Waals surface area contributed by atoms with E-state index >= 15 is 0 Å². The van der Waals surface area contributed by atoms with Gasteiger partial charge in [-0.3, -0.25) is 0 Å². The van der Waals surface area contributed by atoms with E-state index in [1.54, 1.807) is 19.9 Å². The highest BCUT2D eigenvalue weighted by Gasteiger charge is 2.15. The van der Waals surface area contributed by atoms with Gasteiger partial charge in [-0.2, -0.15) is 0 Å². The first-order valence-corrected chi connectivity index (χ1v) is 6.18. The molecule has 0 radical (unpaired) electrons. The van der Waals surface area contributed by atoms with E-state index in [9.17, 15) is 10.2 Å². The first-order chi connectivity index (χ1) is 8.48. The molecule has 0 atom stereocenters. The average molecular weight is 254 g/mol. The Balaban J connectivity index is 2.77. The molecule has 0 aliphatic heterocycles. The number of aliphatic hydroxyl groups is 2. The summed E-state index contributed by atoms with van der Waals surface area (Å²) in [4.78, 5) is 0. The van der Waals surface area contributed by atoms with Gasteiger partial charge < -0.3 is 19.7 Å². The molecule has 0 spiro atoms. The fourth-order valence-electron chi connectivity index (χ4n) is 1.52. The molecule has 4 heteroatoms. The van der Waals surface area contributed by atoms with Crippen molar-refractivity contribution >= 4 is 0 Å². The Kier molecular flexibility index (Phi) is 5.44. The van der Waals surface area contributed by atoms with Crippen LogP contribution in [0.2, 0.25) is 0 Å². The monoisotopic (exact) mass is 254 g/mol. The topological polar surface area (TPSA) is 58.9 Å². The zero-order valence-corrected chi connectivity index (χ0v) is 11.3. The smallest absolute Gasteiger partial charge is 0.166 e. The van der Waals surface area contributed by atoms with Crippen LogP contribution in [-0.2, 0) is 6.61 Å². The zero-order valence-electron chi connectivity index (χ0n) is 11.3. The first kappa shape index (κ1) is 14.8. The fourth-order valence-corrected chi connectivity index (χ4v) is 1.52. The predicted molar refractivity (Wildman–Crippen MR) is 69.9 cm³/mol. The summed E-state index contributed by atoms with van der Waals surface area (Å²) in [5, 5.41) is 18.9. The van der Waals surface area contributed by atoms with E-state index in [1.807, 2.05) is 19.1 Å². The van der Waals surface area contributed by atoms with Crippen LogP contribution < -0.4 is 9.47 Å². The highest BCUT2D eigenvalue weighted by Crippen LogP contribution is 2.31. The molecule has 0 aliphatic carbocycles. The Hall–Kier alpha value is -1.26. The van der Waals surface area contributed by atoms with E-state index in [4.69, 9.17) is 9.47 Å². The molecule has 1 rings (SSSR count). The first-order valence-electron chi connectivity index (χ1n) is 6.18.